The molecule has 1 aromatic rings. The number of hydrogen-bond donors (Lipinski definition) is 1. The van der Waals surface area contributed by atoms with Gasteiger partial charge in [-0.2, -0.15) is 0 Å². The number of halogens is 1. The molecule has 3 heteroatoms. The summed E-state index contributed by atoms with van der Waals surface area (Å²) in [4.78, 5) is 0. The SMILES string of the molecule is OC(Cc1ccccc1Br)C1CCCOC1. The molecule has 16 heavy (non-hydrogen) atoms. The molecule has 1 aromatic carbocycles. The molecule has 1 saturated heterocycles. The van der Waals surface area contributed by atoms with Crippen LogP contribution in [0.15, 0.2) is 28.7 Å². The van der Waals surface area contributed by atoms with E-state index in [0.717, 1.165) is 23.9 Å². The molecular weight excluding hydrogens is 268 g/mol. The van der Waals surface area contributed by atoms with Crippen LogP contribution in [0.1, 0.15) is 18.4 Å². The molecule has 2 nitrogen and oxygen atoms in total. The van der Waals surface area contributed by atoms with Crippen molar-refractivity contribution in [1.29, 1.82) is 0 Å². The molecule has 1 N–H and O–H groups in total. The van der Waals surface area contributed by atoms with Crippen LogP contribution >= 0.6 is 15.9 Å². The van der Waals surface area contributed by atoms with Gasteiger partial charge in [-0.3, -0.25) is 0 Å². The minimum Gasteiger partial charge on any atom is -0.392 e. The van der Waals surface area contributed by atoms with E-state index in [9.17, 15) is 5.11 Å². The first kappa shape index (κ1) is 12.1. The first-order valence-electron chi connectivity index (χ1n) is 5.76. The smallest absolute Gasteiger partial charge is 0.0631 e. The maximum atomic E-state index is 10.2. The Morgan fingerprint density at radius 1 is 1.44 bits per heavy atom. The predicted molar refractivity (Wildman–Crippen MR) is 67.4 cm³/mol. The average Bonchev–Trinajstić information content (AvgIpc) is 2.33. The van der Waals surface area contributed by atoms with E-state index in [1.165, 1.54) is 5.56 Å². The normalized spacial score (nSPS) is 23.0. The van der Waals surface area contributed by atoms with Crippen LogP contribution in [0, 0.1) is 5.92 Å². The van der Waals surface area contributed by atoms with Gasteiger partial charge in [0, 0.05) is 17.0 Å². The van der Waals surface area contributed by atoms with Gasteiger partial charge in [0.25, 0.3) is 0 Å². The van der Waals surface area contributed by atoms with Crippen LogP contribution in [0.2, 0.25) is 0 Å². The fourth-order valence-electron chi connectivity index (χ4n) is 2.13. The third kappa shape index (κ3) is 3.06. The molecule has 1 heterocycles. The lowest BCUT2D eigenvalue weighted by Crippen LogP contribution is -2.30. The Morgan fingerprint density at radius 3 is 2.94 bits per heavy atom. The van der Waals surface area contributed by atoms with Gasteiger partial charge in [-0.1, -0.05) is 34.1 Å². The highest BCUT2D eigenvalue weighted by Crippen LogP contribution is 2.23. The van der Waals surface area contributed by atoms with Gasteiger partial charge in [-0.25, -0.2) is 0 Å². The van der Waals surface area contributed by atoms with Gasteiger partial charge in [0.2, 0.25) is 0 Å². The van der Waals surface area contributed by atoms with Crippen molar-refractivity contribution in [2.45, 2.75) is 25.4 Å². The largest absolute Gasteiger partial charge is 0.392 e. The van der Waals surface area contributed by atoms with Crippen LogP contribution in [0.3, 0.4) is 0 Å². The van der Waals surface area contributed by atoms with Crippen LogP contribution in [-0.4, -0.2) is 24.4 Å². The molecule has 1 fully saturated rings. The number of aliphatic hydroxyl groups excluding tert-OH is 1. The van der Waals surface area contributed by atoms with E-state index < -0.39 is 0 Å². The molecule has 0 saturated carbocycles. The fourth-order valence-corrected chi connectivity index (χ4v) is 2.57. The zero-order valence-electron chi connectivity index (χ0n) is 9.23. The van der Waals surface area contributed by atoms with Crippen molar-refractivity contribution in [2.24, 2.45) is 5.92 Å². The van der Waals surface area contributed by atoms with Crippen LogP contribution < -0.4 is 0 Å². The number of hydrogen-bond acceptors (Lipinski definition) is 2. The lowest BCUT2D eigenvalue weighted by molar-refractivity contribution is -0.00852. The van der Waals surface area contributed by atoms with E-state index in [1.807, 2.05) is 18.2 Å². The number of ether oxygens (including phenoxy) is 1. The second-order valence-corrected chi connectivity index (χ2v) is 5.19. The van der Waals surface area contributed by atoms with Crippen LogP contribution in [0.4, 0.5) is 0 Å². The van der Waals surface area contributed by atoms with Crippen LogP contribution in [0.5, 0.6) is 0 Å². The summed E-state index contributed by atoms with van der Waals surface area (Å²) in [5.41, 5.74) is 1.17. The zero-order chi connectivity index (χ0) is 11.4. The van der Waals surface area contributed by atoms with E-state index in [4.69, 9.17) is 4.74 Å². The Kier molecular flexibility index (Phi) is 4.38. The van der Waals surface area contributed by atoms with Gasteiger partial charge in [0.15, 0.2) is 0 Å². The molecule has 1 aliphatic rings. The maximum Gasteiger partial charge on any atom is 0.0631 e. The van der Waals surface area contributed by atoms with Gasteiger partial charge in [-0.05, 0) is 30.9 Å². The number of rotatable bonds is 3. The summed E-state index contributed by atoms with van der Waals surface area (Å²) in [6.45, 7) is 1.55. The average molecular weight is 285 g/mol. The quantitative estimate of drug-likeness (QED) is 0.925. The van der Waals surface area contributed by atoms with E-state index in [0.29, 0.717) is 18.9 Å². The Labute approximate surface area is 105 Å². The topological polar surface area (TPSA) is 29.5 Å². The summed E-state index contributed by atoms with van der Waals surface area (Å²) in [6, 6.07) is 8.06. The number of benzene rings is 1. The van der Waals surface area contributed by atoms with Crippen molar-refractivity contribution in [2.75, 3.05) is 13.2 Å². The molecule has 2 unspecified atom stereocenters. The van der Waals surface area contributed by atoms with Gasteiger partial charge in [0.1, 0.15) is 0 Å². The van der Waals surface area contributed by atoms with Crippen molar-refractivity contribution in [1.82, 2.24) is 0 Å². The molecule has 2 atom stereocenters. The Balaban J connectivity index is 1.96. The summed E-state index contributed by atoms with van der Waals surface area (Å²) in [6.07, 6.45) is 2.55. The monoisotopic (exact) mass is 284 g/mol. The molecule has 0 amide bonds. The third-order valence-corrected chi connectivity index (χ3v) is 3.90. The summed E-state index contributed by atoms with van der Waals surface area (Å²) in [7, 11) is 0. The molecule has 0 spiro atoms. The molecule has 0 aliphatic carbocycles. The van der Waals surface area contributed by atoms with E-state index in [1.54, 1.807) is 0 Å². The second-order valence-electron chi connectivity index (χ2n) is 4.34. The third-order valence-electron chi connectivity index (χ3n) is 3.13. The van der Waals surface area contributed by atoms with Gasteiger partial charge < -0.3 is 9.84 Å². The molecule has 88 valence electrons. The highest BCUT2D eigenvalue weighted by atomic mass is 79.9. The lowest BCUT2D eigenvalue weighted by atomic mass is 9.91. The first-order valence-corrected chi connectivity index (χ1v) is 6.56. The second kappa shape index (κ2) is 5.80. The minimum absolute atomic E-state index is 0.292. The Hall–Kier alpha value is -0.380. The molecule has 2 rings (SSSR count). The van der Waals surface area contributed by atoms with Crippen molar-refractivity contribution in [3.05, 3.63) is 34.3 Å². The first-order chi connectivity index (χ1) is 7.77. The number of aliphatic hydroxyl groups is 1. The predicted octanol–water partition coefficient (Wildman–Crippen LogP) is 2.78. The Bertz CT molecular complexity index is 334. The van der Waals surface area contributed by atoms with Crippen molar-refractivity contribution in [3.8, 4) is 0 Å². The van der Waals surface area contributed by atoms with Gasteiger partial charge >= 0.3 is 0 Å². The fraction of sp³-hybridized carbons (Fsp3) is 0.538. The Morgan fingerprint density at radius 2 is 2.25 bits per heavy atom. The molecule has 1 aliphatic heterocycles. The van der Waals surface area contributed by atoms with Crippen LogP contribution in [0.25, 0.3) is 0 Å². The van der Waals surface area contributed by atoms with Crippen molar-refractivity contribution < 1.29 is 9.84 Å². The lowest BCUT2D eigenvalue weighted by Gasteiger charge is -2.26. The maximum absolute atomic E-state index is 10.2. The molecular formula is C13H17BrO2. The summed E-state index contributed by atoms with van der Waals surface area (Å²) in [5.74, 6) is 0.292. The van der Waals surface area contributed by atoms with E-state index in [-0.39, 0.29) is 6.10 Å². The highest BCUT2D eigenvalue weighted by molar-refractivity contribution is 9.10. The van der Waals surface area contributed by atoms with Gasteiger partial charge in [-0.15, -0.1) is 0 Å². The van der Waals surface area contributed by atoms with E-state index >= 15 is 0 Å². The summed E-state index contributed by atoms with van der Waals surface area (Å²) < 4.78 is 6.47. The van der Waals surface area contributed by atoms with Crippen molar-refractivity contribution >= 4 is 15.9 Å². The zero-order valence-corrected chi connectivity index (χ0v) is 10.8. The van der Waals surface area contributed by atoms with Crippen molar-refractivity contribution in [3.63, 3.8) is 0 Å². The molecule has 0 bridgehead atoms. The highest BCUT2D eigenvalue weighted by Gasteiger charge is 2.22. The standard InChI is InChI=1S/C13H17BrO2/c14-12-6-2-1-4-10(12)8-13(15)11-5-3-7-16-9-11/h1-2,4,6,11,13,15H,3,5,7-9H2. The molecule has 0 radical (unpaired) electrons. The summed E-state index contributed by atoms with van der Waals surface area (Å²) in [5, 5.41) is 10.2. The molecule has 0 aromatic heterocycles. The minimum atomic E-state index is -0.293. The summed E-state index contributed by atoms with van der Waals surface area (Å²) >= 11 is 3.51. The van der Waals surface area contributed by atoms with E-state index in [2.05, 4.69) is 22.0 Å². The van der Waals surface area contributed by atoms with Gasteiger partial charge in [0.05, 0.1) is 12.7 Å². The van der Waals surface area contributed by atoms with Crippen LogP contribution in [-0.2, 0) is 11.2 Å².